The van der Waals surface area contributed by atoms with Gasteiger partial charge in [-0.05, 0) is 42.5 Å². The summed E-state index contributed by atoms with van der Waals surface area (Å²) < 4.78 is 5.92. The number of esters is 1. The Bertz CT molecular complexity index is 1120. The summed E-state index contributed by atoms with van der Waals surface area (Å²) in [6.45, 7) is 6.14. The number of carbonyl (C=O) groups is 1. The normalized spacial score (nSPS) is 23.8. The molecule has 4 atom stereocenters. The zero-order valence-corrected chi connectivity index (χ0v) is 18.6. The van der Waals surface area contributed by atoms with Gasteiger partial charge in [0, 0.05) is 36.7 Å². The molecule has 32 heavy (non-hydrogen) atoms. The number of nitrogens with zero attached hydrogens (tertiary/aromatic N) is 1. The van der Waals surface area contributed by atoms with Gasteiger partial charge in [-0.1, -0.05) is 78.9 Å². The Morgan fingerprint density at radius 2 is 1.53 bits per heavy atom. The predicted octanol–water partition coefficient (Wildman–Crippen LogP) is 6.28. The molecule has 0 amide bonds. The minimum absolute atomic E-state index is 0.0996. The molecule has 5 rings (SSSR count). The van der Waals surface area contributed by atoms with Crippen LogP contribution < -0.4 is 9.64 Å². The molecule has 2 aliphatic rings. The third-order valence-corrected chi connectivity index (χ3v) is 7.07. The number of allylic oxidation sites excluding steroid dienone is 1. The number of rotatable bonds is 6. The Balaban J connectivity index is 1.54. The highest BCUT2D eigenvalue weighted by molar-refractivity contribution is 5.83. The van der Waals surface area contributed by atoms with Crippen LogP contribution in [0.3, 0.4) is 0 Å². The predicted molar refractivity (Wildman–Crippen MR) is 130 cm³/mol. The van der Waals surface area contributed by atoms with Crippen molar-refractivity contribution in [2.45, 2.75) is 25.7 Å². The second kappa shape index (κ2) is 8.66. The highest BCUT2D eigenvalue weighted by Crippen LogP contribution is 2.62. The lowest BCUT2D eigenvalue weighted by molar-refractivity contribution is -0.148. The maximum atomic E-state index is 13.2. The van der Waals surface area contributed by atoms with Gasteiger partial charge in [-0.2, -0.15) is 0 Å². The van der Waals surface area contributed by atoms with Crippen molar-refractivity contribution in [2.75, 3.05) is 18.0 Å². The topological polar surface area (TPSA) is 29.5 Å². The molecule has 162 valence electrons. The molecule has 3 nitrogen and oxygen atoms in total. The Morgan fingerprint density at radius 1 is 0.844 bits per heavy atom. The van der Waals surface area contributed by atoms with E-state index in [1.54, 1.807) is 0 Å². The largest absolute Gasteiger partial charge is 0.426 e. The van der Waals surface area contributed by atoms with Crippen LogP contribution in [0.5, 0.6) is 5.75 Å². The summed E-state index contributed by atoms with van der Waals surface area (Å²) in [6, 6.07) is 27.2. The van der Waals surface area contributed by atoms with Crippen LogP contribution in [-0.2, 0) is 4.79 Å². The number of hydrogen-bond donors (Lipinski definition) is 0. The van der Waals surface area contributed by atoms with Crippen molar-refractivity contribution in [1.82, 2.24) is 0 Å². The van der Waals surface area contributed by atoms with E-state index in [0.717, 1.165) is 30.1 Å². The van der Waals surface area contributed by atoms with Gasteiger partial charge < -0.3 is 9.64 Å². The Hall–Kier alpha value is -3.33. The van der Waals surface area contributed by atoms with Crippen LogP contribution in [0.4, 0.5) is 5.69 Å². The molecule has 1 aliphatic heterocycles. The second-order valence-electron chi connectivity index (χ2n) is 8.65. The molecule has 0 spiro atoms. The van der Waals surface area contributed by atoms with Gasteiger partial charge in [0.25, 0.3) is 0 Å². The lowest BCUT2D eigenvalue weighted by atomic mass is 9.51. The summed E-state index contributed by atoms with van der Waals surface area (Å²) in [6.07, 6.45) is 4.50. The van der Waals surface area contributed by atoms with E-state index in [0.29, 0.717) is 0 Å². The van der Waals surface area contributed by atoms with Gasteiger partial charge in [0.15, 0.2) is 0 Å². The Morgan fingerprint density at radius 3 is 2.22 bits per heavy atom. The molecule has 3 heteroatoms. The molecule has 0 radical (unpaired) electrons. The molecule has 1 fully saturated rings. The lowest BCUT2D eigenvalue weighted by Crippen LogP contribution is -2.50. The first-order chi connectivity index (χ1) is 15.7. The Kier molecular flexibility index (Phi) is 5.57. The van der Waals surface area contributed by atoms with Gasteiger partial charge in [0.2, 0.25) is 0 Å². The molecule has 0 saturated heterocycles. The maximum absolute atomic E-state index is 13.2. The minimum atomic E-state index is -0.144. The summed E-state index contributed by atoms with van der Waals surface area (Å²) in [5.41, 5.74) is 4.64. The summed E-state index contributed by atoms with van der Waals surface area (Å²) in [5.74, 6) is 0.997. The summed E-state index contributed by atoms with van der Waals surface area (Å²) in [7, 11) is 0. The molecule has 3 aromatic carbocycles. The quantitative estimate of drug-likeness (QED) is 0.345. The van der Waals surface area contributed by atoms with Crippen molar-refractivity contribution in [3.8, 4) is 5.75 Å². The van der Waals surface area contributed by atoms with Gasteiger partial charge in [-0.25, -0.2) is 0 Å². The molecule has 0 bridgehead atoms. The fourth-order valence-electron chi connectivity index (χ4n) is 5.45. The first-order valence-electron chi connectivity index (χ1n) is 11.6. The Labute approximate surface area is 190 Å². The van der Waals surface area contributed by atoms with Crippen molar-refractivity contribution in [3.63, 3.8) is 0 Å². The van der Waals surface area contributed by atoms with E-state index in [2.05, 4.69) is 91.6 Å². The fraction of sp³-hybridized carbons (Fsp3) is 0.276. The van der Waals surface area contributed by atoms with E-state index < -0.39 is 0 Å². The molecule has 0 N–H and O–H groups in total. The first-order valence-corrected chi connectivity index (χ1v) is 11.6. The molecule has 1 aliphatic carbocycles. The molecule has 1 heterocycles. The molecular weight excluding hydrogens is 394 g/mol. The van der Waals surface area contributed by atoms with E-state index in [-0.39, 0.29) is 29.6 Å². The van der Waals surface area contributed by atoms with Crippen LogP contribution in [0.2, 0.25) is 0 Å². The summed E-state index contributed by atoms with van der Waals surface area (Å²) in [4.78, 5) is 15.5. The summed E-state index contributed by atoms with van der Waals surface area (Å²) >= 11 is 0. The van der Waals surface area contributed by atoms with Gasteiger partial charge in [0.05, 0.1) is 5.92 Å². The van der Waals surface area contributed by atoms with Crippen molar-refractivity contribution >= 4 is 17.7 Å². The van der Waals surface area contributed by atoms with Crippen LogP contribution in [0.25, 0.3) is 6.08 Å². The standard InChI is InChI=1S/C29H29NO2/c1-3-30(4-2)22-16-18-23-25(19-22)32-29(31)28-26(21-13-9-6-10-14-21)24(27(23)28)17-15-20-11-7-5-8-12-20/h5-19,24,26-28H,3-4H2,1-2H3/b17-15+/t24-,26+,27+,28-/m1/s1. The van der Waals surface area contributed by atoms with Gasteiger partial charge in [-0.15, -0.1) is 0 Å². The number of benzene rings is 3. The number of hydrogen-bond acceptors (Lipinski definition) is 3. The first kappa shape index (κ1) is 20.6. The van der Waals surface area contributed by atoms with Crippen molar-refractivity contribution < 1.29 is 9.53 Å². The third-order valence-electron chi connectivity index (χ3n) is 7.07. The maximum Gasteiger partial charge on any atom is 0.315 e. The van der Waals surface area contributed by atoms with Gasteiger partial charge in [0.1, 0.15) is 5.75 Å². The van der Waals surface area contributed by atoms with E-state index in [1.165, 1.54) is 11.1 Å². The van der Waals surface area contributed by atoms with Crippen molar-refractivity contribution in [2.24, 2.45) is 11.8 Å². The van der Waals surface area contributed by atoms with Crippen molar-refractivity contribution in [3.05, 3.63) is 102 Å². The monoisotopic (exact) mass is 423 g/mol. The van der Waals surface area contributed by atoms with Crippen LogP contribution in [0, 0.1) is 11.8 Å². The molecular formula is C29H29NO2. The summed E-state index contributed by atoms with van der Waals surface area (Å²) in [5, 5.41) is 0. The van der Waals surface area contributed by atoms with E-state index >= 15 is 0 Å². The fourth-order valence-corrected chi connectivity index (χ4v) is 5.45. The van der Waals surface area contributed by atoms with E-state index in [9.17, 15) is 4.79 Å². The van der Waals surface area contributed by atoms with Crippen LogP contribution in [0.15, 0.2) is 84.9 Å². The van der Waals surface area contributed by atoms with Crippen molar-refractivity contribution in [1.29, 1.82) is 0 Å². The smallest absolute Gasteiger partial charge is 0.315 e. The zero-order chi connectivity index (χ0) is 22.1. The highest BCUT2D eigenvalue weighted by atomic mass is 16.5. The lowest BCUT2D eigenvalue weighted by Gasteiger charge is -2.52. The number of fused-ring (bicyclic) bond motifs is 3. The number of carbonyl (C=O) groups excluding carboxylic acids is 1. The second-order valence-corrected chi connectivity index (χ2v) is 8.65. The van der Waals surface area contributed by atoms with E-state index in [4.69, 9.17) is 4.74 Å². The SMILES string of the molecule is CCN(CC)c1ccc2c(c1)OC(=O)[C@@H]1[C@@H](c3ccccc3)[C@@H](/C=C/c3ccccc3)[C@H]21. The third kappa shape index (κ3) is 3.52. The van der Waals surface area contributed by atoms with Crippen LogP contribution in [-0.4, -0.2) is 19.1 Å². The molecule has 0 aromatic heterocycles. The number of anilines is 1. The molecule has 1 saturated carbocycles. The average Bonchev–Trinajstić information content (AvgIpc) is 2.81. The molecule has 0 unspecified atom stereocenters. The van der Waals surface area contributed by atoms with Gasteiger partial charge in [-0.3, -0.25) is 4.79 Å². The minimum Gasteiger partial charge on any atom is -0.426 e. The average molecular weight is 424 g/mol. The van der Waals surface area contributed by atoms with Crippen LogP contribution >= 0.6 is 0 Å². The highest BCUT2D eigenvalue weighted by Gasteiger charge is 2.57. The zero-order valence-electron chi connectivity index (χ0n) is 18.6. The van der Waals surface area contributed by atoms with Gasteiger partial charge >= 0.3 is 5.97 Å². The van der Waals surface area contributed by atoms with E-state index in [1.807, 2.05) is 18.2 Å². The van der Waals surface area contributed by atoms with Crippen LogP contribution in [0.1, 0.15) is 42.4 Å². The number of ether oxygens (including phenoxy) is 1. The molecule has 3 aromatic rings.